The van der Waals surface area contributed by atoms with Crippen molar-refractivity contribution in [1.29, 1.82) is 0 Å². The third-order valence-corrected chi connectivity index (χ3v) is 5.63. The van der Waals surface area contributed by atoms with Gasteiger partial charge in [0.2, 0.25) is 0 Å². The molecule has 0 bridgehead atoms. The van der Waals surface area contributed by atoms with Gasteiger partial charge < -0.3 is 15.0 Å². The number of methoxy groups -OCH3 is 1. The minimum atomic E-state index is -0.321. The van der Waals surface area contributed by atoms with E-state index in [0.717, 1.165) is 32.0 Å². The molecule has 1 aromatic carbocycles. The summed E-state index contributed by atoms with van der Waals surface area (Å²) in [6, 6.07) is 12.2. The van der Waals surface area contributed by atoms with Gasteiger partial charge in [-0.15, -0.1) is 11.3 Å². The minimum absolute atomic E-state index is 0.321. The molecule has 4 rings (SSSR count). The fourth-order valence-corrected chi connectivity index (χ4v) is 4.10. The molecule has 0 amide bonds. The third-order valence-electron chi connectivity index (χ3n) is 4.58. The van der Waals surface area contributed by atoms with Gasteiger partial charge in [0.25, 0.3) is 0 Å². The number of ether oxygens (including phenoxy) is 1. The number of hydrogen-bond acceptors (Lipinski definition) is 6. The molecule has 4 aromatic rings. The maximum absolute atomic E-state index is 6.05. The van der Waals surface area contributed by atoms with Gasteiger partial charge in [-0.1, -0.05) is 30.3 Å². The zero-order valence-electron chi connectivity index (χ0n) is 15.5. The summed E-state index contributed by atoms with van der Waals surface area (Å²) in [4.78, 5) is 15.1. The van der Waals surface area contributed by atoms with Crippen LogP contribution in [0.3, 0.4) is 0 Å². The van der Waals surface area contributed by atoms with Gasteiger partial charge in [0.1, 0.15) is 17.0 Å². The first-order chi connectivity index (χ1) is 13.0. The van der Waals surface area contributed by atoms with E-state index in [4.69, 9.17) is 15.5 Å². The standard InChI is InChI=1S/C20H21N5OS/c1-20(2,26-3)10-25-12-24-16(13-7-5-4-6-8-13)17(25)15-9-14-18(21)22-11-23-19(14)27-15/h4-9,11-12H,10H2,1-3H3,(H2,21,22,23). The number of aromatic nitrogens is 4. The number of nitrogens with two attached hydrogens (primary N) is 1. The average molecular weight is 379 g/mol. The Morgan fingerprint density at radius 1 is 1.15 bits per heavy atom. The second-order valence-corrected chi connectivity index (χ2v) is 8.02. The summed E-state index contributed by atoms with van der Waals surface area (Å²) in [5.74, 6) is 0.493. The lowest BCUT2D eigenvalue weighted by Gasteiger charge is -2.24. The van der Waals surface area contributed by atoms with Crippen LogP contribution in [-0.2, 0) is 11.3 Å². The van der Waals surface area contributed by atoms with Crippen LogP contribution in [-0.4, -0.2) is 32.2 Å². The Bertz CT molecular complexity index is 1080. The molecule has 2 N–H and O–H groups in total. The first kappa shape index (κ1) is 17.6. The number of nitrogen functional groups attached to an aromatic ring is 1. The molecule has 7 heteroatoms. The van der Waals surface area contributed by atoms with Gasteiger partial charge in [-0.25, -0.2) is 15.0 Å². The van der Waals surface area contributed by atoms with E-state index in [1.165, 1.54) is 6.33 Å². The van der Waals surface area contributed by atoms with Crippen molar-refractivity contribution >= 4 is 27.4 Å². The molecule has 0 saturated carbocycles. The van der Waals surface area contributed by atoms with Crippen LogP contribution < -0.4 is 5.73 Å². The van der Waals surface area contributed by atoms with E-state index in [0.29, 0.717) is 12.4 Å². The van der Waals surface area contributed by atoms with Crippen LogP contribution in [0.25, 0.3) is 32.0 Å². The Hall–Kier alpha value is -2.77. The molecule has 0 saturated heterocycles. The van der Waals surface area contributed by atoms with E-state index in [-0.39, 0.29) is 5.60 Å². The molecule has 0 atom stereocenters. The molecule has 0 fully saturated rings. The number of nitrogens with zero attached hydrogens (tertiary/aromatic N) is 4. The van der Waals surface area contributed by atoms with E-state index in [9.17, 15) is 0 Å². The van der Waals surface area contributed by atoms with Crippen LogP contribution in [0.5, 0.6) is 0 Å². The van der Waals surface area contributed by atoms with E-state index in [1.54, 1.807) is 18.4 Å². The zero-order valence-corrected chi connectivity index (χ0v) is 16.3. The Balaban J connectivity index is 1.92. The van der Waals surface area contributed by atoms with Crippen molar-refractivity contribution in [2.45, 2.75) is 26.0 Å². The summed E-state index contributed by atoms with van der Waals surface area (Å²) in [5, 5.41) is 0.871. The number of rotatable bonds is 5. The number of benzene rings is 1. The molecule has 0 aliphatic rings. The van der Waals surface area contributed by atoms with Crippen LogP contribution in [0.4, 0.5) is 5.82 Å². The lowest BCUT2D eigenvalue weighted by molar-refractivity contribution is 0.00850. The summed E-state index contributed by atoms with van der Waals surface area (Å²) in [6.07, 6.45) is 3.37. The van der Waals surface area contributed by atoms with Crippen molar-refractivity contribution in [3.63, 3.8) is 0 Å². The van der Waals surface area contributed by atoms with Crippen LogP contribution in [0, 0.1) is 0 Å². The largest absolute Gasteiger partial charge is 0.383 e. The fraction of sp³-hybridized carbons (Fsp3) is 0.250. The predicted octanol–water partition coefficient (Wildman–Crippen LogP) is 4.23. The van der Waals surface area contributed by atoms with Gasteiger partial charge in [-0.05, 0) is 19.9 Å². The third kappa shape index (κ3) is 3.31. The average Bonchev–Trinajstić information content (AvgIpc) is 3.27. The number of hydrogen-bond donors (Lipinski definition) is 1. The minimum Gasteiger partial charge on any atom is -0.383 e. The highest BCUT2D eigenvalue weighted by Gasteiger charge is 2.23. The van der Waals surface area contributed by atoms with E-state index in [1.807, 2.05) is 24.5 Å². The van der Waals surface area contributed by atoms with E-state index < -0.39 is 0 Å². The van der Waals surface area contributed by atoms with Crippen molar-refractivity contribution in [3.05, 3.63) is 49.1 Å². The molecule has 3 heterocycles. The number of fused-ring (bicyclic) bond motifs is 1. The molecule has 3 aromatic heterocycles. The summed E-state index contributed by atoms with van der Waals surface area (Å²) in [6.45, 7) is 4.80. The molecule has 0 aliphatic heterocycles. The summed E-state index contributed by atoms with van der Waals surface area (Å²) in [7, 11) is 1.73. The number of anilines is 1. The van der Waals surface area contributed by atoms with Crippen LogP contribution >= 0.6 is 11.3 Å². The highest BCUT2D eigenvalue weighted by Crippen LogP contribution is 2.39. The second kappa shape index (κ2) is 6.75. The lowest BCUT2D eigenvalue weighted by Crippen LogP contribution is -2.29. The molecule has 27 heavy (non-hydrogen) atoms. The van der Waals surface area contributed by atoms with Crippen molar-refractivity contribution in [2.24, 2.45) is 0 Å². The SMILES string of the molecule is COC(C)(C)Cn1cnc(-c2ccccc2)c1-c1cc2c(N)ncnc2s1. The molecule has 138 valence electrons. The first-order valence-electron chi connectivity index (χ1n) is 8.64. The molecular formula is C20H21N5OS. The maximum atomic E-state index is 6.05. The lowest BCUT2D eigenvalue weighted by atomic mass is 10.1. The molecule has 0 spiro atoms. The van der Waals surface area contributed by atoms with Crippen LogP contribution in [0.1, 0.15) is 13.8 Å². The maximum Gasteiger partial charge on any atom is 0.135 e. The predicted molar refractivity (Wildman–Crippen MR) is 110 cm³/mol. The Morgan fingerprint density at radius 2 is 1.93 bits per heavy atom. The van der Waals surface area contributed by atoms with Gasteiger partial charge in [0.05, 0.1) is 40.1 Å². The molecule has 0 aliphatic carbocycles. The van der Waals surface area contributed by atoms with Gasteiger partial charge >= 0.3 is 0 Å². The topological polar surface area (TPSA) is 78.9 Å². The van der Waals surface area contributed by atoms with Crippen molar-refractivity contribution < 1.29 is 4.74 Å². The van der Waals surface area contributed by atoms with Crippen LogP contribution in [0.15, 0.2) is 49.1 Å². The Morgan fingerprint density at radius 3 is 2.63 bits per heavy atom. The summed E-state index contributed by atoms with van der Waals surface area (Å²) < 4.78 is 7.78. The number of thiophene rings is 1. The fourth-order valence-electron chi connectivity index (χ4n) is 3.03. The Labute approximate surface area is 161 Å². The van der Waals surface area contributed by atoms with Gasteiger partial charge in [0.15, 0.2) is 0 Å². The molecule has 0 unspecified atom stereocenters. The van der Waals surface area contributed by atoms with E-state index >= 15 is 0 Å². The smallest absolute Gasteiger partial charge is 0.135 e. The first-order valence-corrected chi connectivity index (χ1v) is 9.46. The highest BCUT2D eigenvalue weighted by molar-refractivity contribution is 7.21. The second-order valence-electron chi connectivity index (χ2n) is 6.99. The summed E-state index contributed by atoms with van der Waals surface area (Å²) in [5.41, 5.74) is 8.76. The summed E-state index contributed by atoms with van der Waals surface area (Å²) >= 11 is 1.59. The quantitative estimate of drug-likeness (QED) is 0.561. The van der Waals surface area contributed by atoms with Crippen molar-refractivity contribution in [1.82, 2.24) is 19.5 Å². The van der Waals surface area contributed by atoms with Crippen molar-refractivity contribution in [2.75, 3.05) is 12.8 Å². The molecule has 0 radical (unpaired) electrons. The van der Waals surface area contributed by atoms with Crippen LogP contribution in [0.2, 0.25) is 0 Å². The van der Waals surface area contributed by atoms with Crippen molar-refractivity contribution in [3.8, 4) is 21.8 Å². The van der Waals surface area contributed by atoms with Gasteiger partial charge in [-0.3, -0.25) is 0 Å². The highest BCUT2D eigenvalue weighted by atomic mass is 32.1. The van der Waals surface area contributed by atoms with E-state index in [2.05, 4.69) is 46.6 Å². The van der Waals surface area contributed by atoms with Gasteiger partial charge in [0, 0.05) is 12.7 Å². The van der Waals surface area contributed by atoms with Gasteiger partial charge in [-0.2, -0.15) is 0 Å². The molecule has 6 nitrogen and oxygen atoms in total. The monoisotopic (exact) mass is 379 g/mol. The molecular weight excluding hydrogens is 358 g/mol. The zero-order chi connectivity index (χ0) is 19.0. The Kier molecular flexibility index (Phi) is 4.41. The normalized spacial score (nSPS) is 12.0. The number of imidazole rings is 1.